The molecule has 1 fully saturated rings. The summed E-state index contributed by atoms with van der Waals surface area (Å²) in [6.45, 7) is 5.92. The van der Waals surface area contributed by atoms with E-state index in [0.29, 0.717) is 22.5 Å². The van der Waals surface area contributed by atoms with Crippen LogP contribution in [0, 0.1) is 11.8 Å². The van der Waals surface area contributed by atoms with Crippen molar-refractivity contribution in [1.29, 1.82) is 0 Å². The van der Waals surface area contributed by atoms with Crippen LogP contribution in [0.25, 0.3) is 0 Å². The molecule has 1 heterocycles. The highest BCUT2D eigenvalue weighted by molar-refractivity contribution is 6.29. The number of hydrogen-bond donors (Lipinski definition) is 2. The highest BCUT2D eigenvalue weighted by Crippen LogP contribution is 2.29. The van der Waals surface area contributed by atoms with Crippen molar-refractivity contribution >= 4 is 23.3 Å². The third-order valence-electron chi connectivity index (χ3n) is 3.97. The van der Waals surface area contributed by atoms with Crippen LogP contribution in [-0.4, -0.2) is 24.0 Å². The van der Waals surface area contributed by atoms with Gasteiger partial charge in [-0.1, -0.05) is 31.9 Å². The van der Waals surface area contributed by atoms with Crippen molar-refractivity contribution < 1.29 is 4.79 Å². The monoisotopic (exact) mass is 309 g/mol. The number of halogens is 1. The minimum atomic E-state index is -0.0709. The number of amides is 1. The molecule has 1 aliphatic carbocycles. The molecule has 0 radical (unpaired) electrons. The molecule has 0 bridgehead atoms. The first-order chi connectivity index (χ1) is 10.1. The smallest absolute Gasteiger partial charge is 0.251 e. The SMILES string of the molecule is CCCNc1cc(C(=O)NCC2CCC(C)C2)cc(Cl)n1. The van der Waals surface area contributed by atoms with E-state index < -0.39 is 0 Å². The fourth-order valence-corrected chi connectivity index (χ4v) is 3.03. The molecule has 2 unspecified atom stereocenters. The van der Waals surface area contributed by atoms with Crippen molar-refractivity contribution in [3.63, 3.8) is 0 Å². The van der Waals surface area contributed by atoms with E-state index in [1.807, 2.05) is 0 Å². The first-order valence-electron chi connectivity index (χ1n) is 7.78. The lowest BCUT2D eigenvalue weighted by molar-refractivity contribution is 0.0947. The minimum Gasteiger partial charge on any atom is -0.370 e. The molecular formula is C16H24ClN3O. The molecule has 116 valence electrons. The van der Waals surface area contributed by atoms with Gasteiger partial charge in [-0.15, -0.1) is 0 Å². The Morgan fingerprint density at radius 1 is 1.43 bits per heavy atom. The average Bonchev–Trinajstić information content (AvgIpc) is 2.87. The van der Waals surface area contributed by atoms with Gasteiger partial charge in [-0.05, 0) is 43.2 Å². The van der Waals surface area contributed by atoms with E-state index >= 15 is 0 Å². The highest BCUT2D eigenvalue weighted by atomic mass is 35.5. The first kappa shape index (κ1) is 16.1. The maximum Gasteiger partial charge on any atom is 0.251 e. The topological polar surface area (TPSA) is 54.0 Å². The molecule has 1 aromatic rings. The van der Waals surface area contributed by atoms with Crippen molar-refractivity contribution in [2.45, 2.75) is 39.5 Å². The highest BCUT2D eigenvalue weighted by Gasteiger charge is 2.21. The van der Waals surface area contributed by atoms with Crippen LogP contribution in [0.5, 0.6) is 0 Å². The van der Waals surface area contributed by atoms with Crippen LogP contribution in [0.15, 0.2) is 12.1 Å². The number of anilines is 1. The van der Waals surface area contributed by atoms with E-state index in [0.717, 1.165) is 25.4 Å². The van der Waals surface area contributed by atoms with Crippen LogP contribution >= 0.6 is 11.6 Å². The molecule has 1 aromatic heterocycles. The van der Waals surface area contributed by atoms with Crippen molar-refractivity contribution in [2.75, 3.05) is 18.4 Å². The van der Waals surface area contributed by atoms with Crippen LogP contribution in [0.4, 0.5) is 5.82 Å². The molecule has 0 saturated heterocycles. The van der Waals surface area contributed by atoms with Crippen LogP contribution in [0.2, 0.25) is 5.15 Å². The van der Waals surface area contributed by atoms with E-state index in [2.05, 4.69) is 29.5 Å². The Hall–Kier alpha value is -1.29. The van der Waals surface area contributed by atoms with Crippen molar-refractivity contribution in [3.05, 3.63) is 22.8 Å². The fourth-order valence-electron chi connectivity index (χ4n) is 2.82. The molecule has 21 heavy (non-hydrogen) atoms. The van der Waals surface area contributed by atoms with Crippen LogP contribution < -0.4 is 10.6 Å². The normalized spacial score (nSPS) is 21.3. The van der Waals surface area contributed by atoms with Gasteiger partial charge in [0, 0.05) is 18.7 Å². The van der Waals surface area contributed by atoms with E-state index in [1.165, 1.54) is 19.3 Å². The number of nitrogens with zero attached hydrogens (tertiary/aromatic N) is 1. The lowest BCUT2D eigenvalue weighted by Crippen LogP contribution is -2.28. The van der Waals surface area contributed by atoms with Gasteiger partial charge < -0.3 is 10.6 Å². The number of nitrogens with one attached hydrogen (secondary N) is 2. The molecule has 2 rings (SSSR count). The largest absolute Gasteiger partial charge is 0.370 e. The van der Waals surface area contributed by atoms with Gasteiger partial charge in [-0.3, -0.25) is 4.79 Å². The summed E-state index contributed by atoms with van der Waals surface area (Å²) in [6, 6.07) is 3.37. The third-order valence-corrected chi connectivity index (χ3v) is 4.16. The Morgan fingerprint density at radius 3 is 2.90 bits per heavy atom. The van der Waals surface area contributed by atoms with Crippen LogP contribution in [0.1, 0.15) is 49.9 Å². The minimum absolute atomic E-state index is 0.0709. The zero-order chi connectivity index (χ0) is 15.2. The van der Waals surface area contributed by atoms with E-state index in [1.54, 1.807) is 12.1 Å². The summed E-state index contributed by atoms with van der Waals surface area (Å²) in [5.74, 6) is 1.98. The maximum absolute atomic E-state index is 12.2. The molecule has 0 aliphatic heterocycles. The fraction of sp³-hybridized carbons (Fsp3) is 0.625. The summed E-state index contributed by atoms with van der Waals surface area (Å²) in [5, 5.41) is 6.52. The number of pyridine rings is 1. The standard InChI is InChI=1S/C16H24ClN3O/c1-3-6-18-15-9-13(8-14(17)20-15)16(21)19-10-12-5-4-11(2)7-12/h8-9,11-12H,3-7,10H2,1-2H3,(H,18,20)(H,19,21). The summed E-state index contributed by atoms with van der Waals surface area (Å²) < 4.78 is 0. The second-order valence-corrected chi connectivity index (χ2v) is 6.37. The molecule has 1 saturated carbocycles. The summed E-state index contributed by atoms with van der Waals surface area (Å²) in [7, 11) is 0. The predicted molar refractivity (Wildman–Crippen MR) is 86.9 cm³/mol. The van der Waals surface area contributed by atoms with Crippen molar-refractivity contribution in [3.8, 4) is 0 Å². The van der Waals surface area contributed by atoms with E-state index in [4.69, 9.17) is 11.6 Å². The predicted octanol–water partition coefficient (Wildman–Crippen LogP) is 3.72. The zero-order valence-corrected chi connectivity index (χ0v) is 13.5. The Balaban J connectivity index is 1.93. The molecule has 5 heteroatoms. The van der Waals surface area contributed by atoms with Gasteiger partial charge in [0.1, 0.15) is 11.0 Å². The molecule has 2 N–H and O–H groups in total. The quantitative estimate of drug-likeness (QED) is 0.787. The maximum atomic E-state index is 12.2. The Bertz CT molecular complexity index is 492. The average molecular weight is 310 g/mol. The molecule has 1 amide bonds. The second-order valence-electron chi connectivity index (χ2n) is 5.98. The second kappa shape index (κ2) is 7.64. The zero-order valence-electron chi connectivity index (χ0n) is 12.8. The first-order valence-corrected chi connectivity index (χ1v) is 8.16. The van der Waals surface area contributed by atoms with E-state index in [-0.39, 0.29) is 5.91 Å². The molecule has 2 atom stereocenters. The molecule has 1 aliphatic rings. The van der Waals surface area contributed by atoms with Gasteiger partial charge in [0.2, 0.25) is 0 Å². The molecular weight excluding hydrogens is 286 g/mol. The van der Waals surface area contributed by atoms with Crippen LogP contribution in [0.3, 0.4) is 0 Å². The van der Waals surface area contributed by atoms with Gasteiger partial charge in [0.15, 0.2) is 0 Å². The summed E-state index contributed by atoms with van der Waals surface area (Å²) in [5.41, 5.74) is 0.569. The van der Waals surface area contributed by atoms with Gasteiger partial charge in [0.05, 0.1) is 0 Å². The molecule has 0 spiro atoms. The van der Waals surface area contributed by atoms with Gasteiger partial charge >= 0.3 is 0 Å². The summed E-state index contributed by atoms with van der Waals surface area (Å²) in [4.78, 5) is 16.4. The number of carbonyl (C=O) groups is 1. The van der Waals surface area contributed by atoms with Gasteiger partial charge in [0.25, 0.3) is 5.91 Å². The third kappa shape index (κ3) is 4.88. The van der Waals surface area contributed by atoms with Gasteiger partial charge in [-0.25, -0.2) is 4.98 Å². The van der Waals surface area contributed by atoms with Crippen molar-refractivity contribution in [2.24, 2.45) is 11.8 Å². The number of aromatic nitrogens is 1. The summed E-state index contributed by atoms with van der Waals surface area (Å²) in [6.07, 6.45) is 4.69. The number of hydrogen-bond acceptors (Lipinski definition) is 3. The lowest BCUT2D eigenvalue weighted by atomic mass is 10.1. The van der Waals surface area contributed by atoms with Crippen molar-refractivity contribution in [1.82, 2.24) is 10.3 Å². The molecule has 0 aromatic carbocycles. The van der Waals surface area contributed by atoms with Gasteiger partial charge in [-0.2, -0.15) is 0 Å². The Morgan fingerprint density at radius 2 is 2.24 bits per heavy atom. The number of carbonyl (C=O) groups excluding carboxylic acids is 1. The lowest BCUT2D eigenvalue weighted by Gasteiger charge is -2.12. The Kier molecular flexibility index (Phi) is 5.85. The van der Waals surface area contributed by atoms with E-state index in [9.17, 15) is 4.79 Å². The summed E-state index contributed by atoms with van der Waals surface area (Å²) >= 11 is 5.99. The Labute approximate surface area is 131 Å². The van der Waals surface area contributed by atoms with Crippen LogP contribution in [-0.2, 0) is 0 Å². The molecule has 4 nitrogen and oxygen atoms in total. The number of rotatable bonds is 6.